The first-order valence-corrected chi connectivity index (χ1v) is 13.1. The van der Waals surface area contributed by atoms with Crippen molar-refractivity contribution >= 4 is 43.9 Å². The molecule has 184 valence electrons. The molecule has 0 amide bonds. The Morgan fingerprint density at radius 3 is 2.42 bits per heavy atom. The molecule has 0 N–H and O–H groups in total. The van der Waals surface area contributed by atoms with E-state index in [9.17, 15) is 4.79 Å². The van der Waals surface area contributed by atoms with E-state index in [1.807, 2.05) is 0 Å². The summed E-state index contributed by atoms with van der Waals surface area (Å²) >= 11 is 0. The van der Waals surface area contributed by atoms with Gasteiger partial charge in [-0.3, -0.25) is 4.79 Å². The summed E-state index contributed by atoms with van der Waals surface area (Å²) in [7, 11) is 5.14. The minimum atomic E-state index is -0.641. The molecule has 4 aromatic carbocycles. The van der Waals surface area contributed by atoms with E-state index >= 15 is 0 Å². The van der Waals surface area contributed by atoms with Crippen molar-refractivity contribution in [2.24, 2.45) is 5.92 Å². The van der Waals surface area contributed by atoms with Gasteiger partial charge in [-0.15, -0.1) is 0 Å². The molecule has 0 fully saturated rings. The summed E-state index contributed by atoms with van der Waals surface area (Å²) in [6.45, 7) is 0. The minimum absolute atomic E-state index is 0.127. The van der Waals surface area contributed by atoms with E-state index in [1.165, 1.54) is 32.9 Å². The van der Waals surface area contributed by atoms with Gasteiger partial charge < -0.3 is 18.9 Å². The summed E-state index contributed by atoms with van der Waals surface area (Å²) in [4.78, 5) is 14.6. The average Bonchev–Trinajstić information content (AvgIpc) is 3.58. The molecule has 38 heavy (non-hydrogen) atoms. The zero-order chi connectivity index (χ0) is 25.2. The molecule has 4 bridgehead atoms. The molecule has 5 atom stereocenters. The van der Waals surface area contributed by atoms with Crippen LogP contribution in [-0.2, 0) is 19.7 Å². The van der Waals surface area contributed by atoms with Gasteiger partial charge in [0.15, 0.2) is 5.78 Å². The number of carbonyl (C=O) groups excluding carboxylic acids is 1. The fourth-order valence-electron chi connectivity index (χ4n) is 9.04. The van der Waals surface area contributed by atoms with E-state index in [-0.39, 0.29) is 29.8 Å². The lowest BCUT2D eigenvalue weighted by atomic mass is 9.43. The van der Waals surface area contributed by atoms with E-state index in [1.54, 1.807) is 21.3 Å². The topological polar surface area (TPSA) is 54.0 Å². The van der Waals surface area contributed by atoms with E-state index in [4.69, 9.17) is 18.9 Å². The van der Waals surface area contributed by atoms with Crippen LogP contribution in [0, 0.1) is 5.92 Å². The molecule has 0 saturated heterocycles. The molecular formula is C33H22O5. The highest BCUT2D eigenvalue weighted by molar-refractivity contribution is 6.29. The van der Waals surface area contributed by atoms with Gasteiger partial charge in [0.25, 0.3) is 0 Å². The number of allylic oxidation sites excluding steroid dienone is 1. The Bertz CT molecular complexity index is 2010. The molecule has 4 aromatic rings. The molecule has 0 saturated carbocycles. The quantitative estimate of drug-likeness (QED) is 0.268. The zero-order valence-corrected chi connectivity index (χ0v) is 21.0. The third kappa shape index (κ3) is 1.73. The highest BCUT2D eigenvalue weighted by Gasteiger charge is 2.68. The van der Waals surface area contributed by atoms with Crippen molar-refractivity contribution in [2.75, 3.05) is 21.3 Å². The number of methoxy groups -OCH3 is 3. The van der Waals surface area contributed by atoms with E-state index < -0.39 is 5.41 Å². The number of ether oxygens (including phenoxy) is 4. The number of rotatable bonds is 3. The highest BCUT2D eigenvalue weighted by atomic mass is 16.5. The van der Waals surface area contributed by atoms with Crippen molar-refractivity contribution in [3.63, 3.8) is 0 Å². The maximum atomic E-state index is 14.6. The van der Waals surface area contributed by atoms with Gasteiger partial charge in [0, 0.05) is 21.7 Å². The monoisotopic (exact) mass is 498 g/mol. The van der Waals surface area contributed by atoms with Crippen LogP contribution in [0.5, 0.6) is 11.5 Å². The Morgan fingerprint density at radius 2 is 1.61 bits per heavy atom. The largest absolute Gasteiger partial charge is 0.496 e. The fraction of sp³-hybridized carbons (Fsp3) is 0.242. The molecule has 0 radical (unpaired) electrons. The molecule has 0 aromatic heterocycles. The molecule has 5 heteroatoms. The van der Waals surface area contributed by atoms with Crippen molar-refractivity contribution in [3.8, 4) is 11.5 Å². The van der Waals surface area contributed by atoms with Crippen molar-refractivity contribution in [2.45, 2.75) is 23.5 Å². The Labute approximate surface area is 217 Å². The lowest BCUT2D eigenvalue weighted by Gasteiger charge is -2.57. The summed E-state index contributed by atoms with van der Waals surface area (Å²) in [6.07, 6.45) is 6.13. The normalized spacial score (nSPS) is 30.0. The van der Waals surface area contributed by atoms with Gasteiger partial charge in [-0.05, 0) is 68.3 Å². The third-order valence-electron chi connectivity index (χ3n) is 10.1. The van der Waals surface area contributed by atoms with Crippen LogP contribution in [0.15, 0.2) is 65.8 Å². The third-order valence-corrected chi connectivity index (χ3v) is 10.1. The SMILES string of the molecule is COC1=C[C@@H]2C(=O)[C@@H]3C4=C([C@H]5C=C[C@@H]4O5)[C@]24c2c1ccc1ccc5c(OC)cc6c(OC)cc3c4c6c5c21. The number of carbonyl (C=O) groups is 1. The molecule has 5 aliphatic carbocycles. The lowest BCUT2D eigenvalue weighted by molar-refractivity contribution is -0.124. The predicted molar refractivity (Wildman–Crippen MR) is 144 cm³/mol. The Balaban J connectivity index is 1.57. The van der Waals surface area contributed by atoms with E-state index in [2.05, 4.69) is 54.6 Å². The van der Waals surface area contributed by atoms with Crippen LogP contribution in [0.2, 0.25) is 0 Å². The molecule has 2 aliphatic heterocycles. The molecule has 5 nitrogen and oxygen atoms in total. The van der Waals surface area contributed by atoms with Crippen molar-refractivity contribution in [1.29, 1.82) is 0 Å². The first-order valence-electron chi connectivity index (χ1n) is 13.1. The van der Waals surface area contributed by atoms with Gasteiger partial charge in [0.2, 0.25) is 0 Å². The summed E-state index contributed by atoms with van der Waals surface area (Å²) in [5.41, 5.74) is 6.33. The molecule has 1 spiro atoms. The number of fused-ring (bicyclic) bond motifs is 2. The molecular weight excluding hydrogens is 476 g/mol. The maximum Gasteiger partial charge on any atom is 0.153 e. The zero-order valence-electron chi connectivity index (χ0n) is 21.0. The van der Waals surface area contributed by atoms with Crippen molar-refractivity contribution < 1.29 is 23.7 Å². The standard InChI is InChI=1S/C33H22O5/c1-35-21-10-16-22(36-2)11-17-27-28-19-8-9-20(38-19)31(28)33-18(32(27)34)12-23(37-3)15-7-5-13-4-6-14(21)25(24(13)29(15)33)26(16)30(17)33/h4-12,18-20,27H,1-3H3/t18-,19+,20-,27+,33+/m1/s1. The minimum Gasteiger partial charge on any atom is -0.496 e. The van der Waals surface area contributed by atoms with Crippen LogP contribution >= 0.6 is 0 Å². The number of Topliss-reactive ketones (excluding diaryl/α,β-unsaturated/α-hetero) is 1. The van der Waals surface area contributed by atoms with Crippen LogP contribution in [0.1, 0.15) is 28.2 Å². The van der Waals surface area contributed by atoms with Crippen molar-refractivity contribution in [3.05, 3.63) is 88.0 Å². The first-order chi connectivity index (χ1) is 18.6. The summed E-state index contributed by atoms with van der Waals surface area (Å²) < 4.78 is 24.5. The summed E-state index contributed by atoms with van der Waals surface area (Å²) in [5, 5.41) is 6.77. The van der Waals surface area contributed by atoms with Crippen LogP contribution in [0.4, 0.5) is 0 Å². The average molecular weight is 499 g/mol. The van der Waals surface area contributed by atoms with Gasteiger partial charge >= 0.3 is 0 Å². The van der Waals surface area contributed by atoms with E-state index in [0.717, 1.165) is 50.1 Å². The van der Waals surface area contributed by atoms with Gasteiger partial charge in [-0.1, -0.05) is 30.4 Å². The van der Waals surface area contributed by atoms with Crippen LogP contribution in [-0.4, -0.2) is 39.3 Å². The lowest BCUT2D eigenvalue weighted by Crippen LogP contribution is -2.56. The van der Waals surface area contributed by atoms with Crippen LogP contribution in [0.25, 0.3) is 38.1 Å². The molecule has 7 aliphatic rings. The van der Waals surface area contributed by atoms with Crippen molar-refractivity contribution in [1.82, 2.24) is 0 Å². The number of hydrogen-bond donors (Lipinski definition) is 0. The van der Waals surface area contributed by atoms with Crippen LogP contribution < -0.4 is 9.47 Å². The van der Waals surface area contributed by atoms with Crippen LogP contribution in [0.3, 0.4) is 0 Å². The number of hydrogen-bond acceptors (Lipinski definition) is 5. The smallest absolute Gasteiger partial charge is 0.153 e. The van der Waals surface area contributed by atoms with E-state index in [0.29, 0.717) is 0 Å². The Morgan fingerprint density at radius 1 is 0.816 bits per heavy atom. The Hall–Kier alpha value is -4.09. The second-order valence-corrected chi connectivity index (χ2v) is 11.2. The number of ketones is 1. The number of benzene rings is 4. The predicted octanol–water partition coefficient (Wildman–Crippen LogP) is 5.69. The molecule has 0 unspecified atom stereocenters. The molecule has 11 rings (SSSR count). The summed E-state index contributed by atoms with van der Waals surface area (Å²) in [5.74, 6) is 1.88. The second kappa shape index (κ2) is 5.97. The van der Waals surface area contributed by atoms with Gasteiger partial charge in [0.1, 0.15) is 17.3 Å². The maximum absolute atomic E-state index is 14.6. The van der Waals surface area contributed by atoms with Gasteiger partial charge in [-0.2, -0.15) is 0 Å². The van der Waals surface area contributed by atoms with Gasteiger partial charge in [0.05, 0.1) is 50.8 Å². The first kappa shape index (κ1) is 19.9. The summed E-state index contributed by atoms with van der Waals surface area (Å²) in [6, 6.07) is 12.9. The van der Waals surface area contributed by atoms with Gasteiger partial charge in [-0.25, -0.2) is 0 Å². The second-order valence-electron chi connectivity index (χ2n) is 11.2. The Kier molecular flexibility index (Phi) is 3.13. The molecule has 2 heterocycles. The highest BCUT2D eigenvalue weighted by Crippen LogP contribution is 2.72. The fourth-order valence-corrected chi connectivity index (χ4v) is 9.04.